The minimum atomic E-state index is -4.54. The zero-order valence-corrected chi connectivity index (χ0v) is 19.6. The van der Waals surface area contributed by atoms with Gasteiger partial charge in [-0.2, -0.15) is 31.6 Å². The minimum Gasteiger partial charge on any atom is -0.299 e. The van der Waals surface area contributed by atoms with Gasteiger partial charge in [-0.3, -0.25) is 4.79 Å². The van der Waals surface area contributed by atoms with Crippen LogP contribution in [-0.4, -0.2) is 5.78 Å². The second kappa shape index (κ2) is 10.0. The van der Waals surface area contributed by atoms with Crippen LogP contribution in [0, 0.1) is 23.2 Å². The Morgan fingerprint density at radius 3 is 1.59 bits per heavy atom. The fraction of sp³-hybridized carbons (Fsp3) is 0.310. The van der Waals surface area contributed by atoms with E-state index >= 15 is 0 Å². The highest BCUT2D eigenvalue weighted by Crippen LogP contribution is 2.45. The Morgan fingerprint density at radius 2 is 1.19 bits per heavy atom. The summed E-state index contributed by atoms with van der Waals surface area (Å²) < 4.78 is 79.5. The minimum absolute atomic E-state index is 0.00188. The predicted octanol–water partition coefficient (Wildman–Crippen LogP) is 7.57. The standard InChI is InChI=1S/C29H23F6NO/c30-28(31,32)24-10-4-6-19(14-24)12-21-16-27(18-36,23-8-2-1-3-9-23)17-22(26(21)37)13-20-7-5-11-25(15-20)29(33,34)35/h1-11,14-15,21-22H,12-13,16-17H2. The average molecular weight is 515 g/mol. The van der Waals surface area contributed by atoms with E-state index in [0.717, 1.165) is 24.3 Å². The lowest BCUT2D eigenvalue weighted by Gasteiger charge is -2.40. The molecule has 0 bridgehead atoms. The Morgan fingerprint density at radius 1 is 0.730 bits per heavy atom. The average Bonchev–Trinajstić information content (AvgIpc) is 2.86. The van der Waals surface area contributed by atoms with Crippen LogP contribution < -0.4 is 0 Å². The quantitative estimate of drug-likeness (QED) is 0.329. The second-order valence-electron chi connectivity index (χ2n) is 9.57. The van der Waals surface area contributed by atoms with Gasteiger partial charge < -0.3 is 0 Å². The van der Waals surface area contributed by atoms with Crippen LogP contribution in [-0.2, 0) is 35.4 Å². The van der Waals surface area contributed by atoms with E-state index < -0.39 is 40.7 Å². The molecule has 37 heavy (non-hydrogen) atoms. The smallest absolute Gasteiger partial charge is 0.299 e. The fourth-order valence-corrected chi connectivity index (χ4v) is 5.27. The molecule has 3 aromatic rings. The van der Waals surface area contributed by atoms with Crippen LogP contribution in [0.2, 0.25) is 0 Å². The van der Waals surface area contributed by atoms with E-state index in [1.54, 1.807) is 30.3 Å². The molecule has 0 saturated heterocycles. The van der Waals surface area contributed by atoms with Gasteiger partial charge in [0.2, 0.25) is 0 Å². The van der Waals surface area contributed by atoms with E-state index in [9.17, 15) is 36.4 Å². The number of benzene rings is 3. The Kier molecular flexibility index (Phi) is 7.18. The SMILES string of the molecule is N#CC1(c2ccccc2)CC(Cc2cccc(C(F)(F)F)c2)C(=O)C(Cc2cccc(C(F)(F)F)c2)C1. The van der Waals surface area contributed by atoms with Crippen molar-refractivity contribution in [3.8, 4) is 6.07 Å². The largest absolute Gasteiger partial charge is 0.416 e. The van der Waals surface area contributed by atoms with Gasteiger partial charge in [0, 0.05) is 11.8 Å². The summed E-state index contributed by atoms with van der Waals surface area (Å²) in [5, 5.41) is 10.3. The zero-order chi connectivity index (χ0) is 26.8. The van der Waals surface area contributed by atoms with Crippen molar-refractivity contribution in [1.29, 1.82) is 5.26 Å². The molecule has 1 aliphatic carbocycles. The van der Waals surface area contributed by atoms with Gasteiger partial charge in [-0.25, -0.2) is 0 Å². The molecular weight excluding hydrogens is 492 g/mol. The van der Waals surface area contributed by atoms with Gasteiger partial charge in [-0.1, -0.05) is 66.7 Å². The van der Waals surface area contributed by atoms with E-state index in [1.807, 2.05) is 0 Å². The summed E-state index contributed by atoms with van der Waals surface area (Å²) in [6.07, 6.45) is -8.86. The van der Waals surface area contributed by atoms with Crippen molar-refractivity contribution in [3.63, 3.8) is 0 Å². The number of hydrogen-bond acceptors (Lipinski definition) is 2. The molecule has 0 aliphatic heterocycles. The molecule has 1 saturated carbocycles. The molecule has 0 N–H and O–H groups in total. The molecule has 2 nitrogen and oxygen atoms in total. The number of Topliss-reactive ketones (excluding diaryl/α,β-unsaturated/α-hetero) is 1. The van der Waals surface area contributed by atoms with E-state index in [-0.39, 0.29) is 31.5 Å². The number of ketones is 1. The number of carbonyl (C=O) groups excluding carboxylic acids is 1. The molecule has 0 spiro atoms. The van der Waals surface area contributed by atoms with Crippen molar-refractivity contribution in [2.45, 2.75) is 43.5 Å². The molecule has 1 fully saturated rings. The van der Waals surface area contributed by atoms with Crippen LogP contribution >= 0.6 is 0 Å². The molecule has 0 heterocycles. The topological polar surface area (TPSA) is 40.9 Å². The normalized spacial score (nSPS) is 22.5. The van der Waals surface area contributed by atoms with Gasteiger partial charge >= 0.3 is 12.4 Å². The number of rotatable bonds is 5. The van der Waals surface area contributed by atoms with Crippen molar-refractivity contribution < 1.29 is 31.1 Å². The molecular formula is C29H23F6NO. The maximum Gasteiger partial charge on any atom is 0.416 e. The Labute approximate surface area is 210 Å². The second-order valence-corrected chi connectivity index (χ2v) is 9.57. The third-order valence-electron chi connectivity index (χ3n) is 7.01. The maximum absolute atomic E-state index is 13.6. The number of carbonyl (C=O) groups is 1. The van der Waals surface area contributed by atoms with Crippen LogP contribution in [0.15, 0.2) is 78.9 Å². The Hall–Kier alpha value is -3.60. The summed E-state index contributed by atoms with van der Waals surface area (Å²) in [6.45, 7) is 0. The third-order valence-corrected chi connectivity index (χ3v) is 7.01. The highest BCUT2D eigenvalue weighted by molar-refractivity contribution is 5.85. The van der Waals surface area contributed by atoms with Crippen LogP contribution in [0.4, 0.5) is 26.3 Å². The number of halogens is 6. The number of nitrogens with zero attached hydrogens (tertiary/aromatic N) is 1. The van der Waals surface area contributed by atoms with Gasteiger partial charge in [0.25, 0.3) is 0 Å². The number of nitriles is 1. The lowest BCUT2D eigenvalue weighted by Crippen LogP contribution is -2.43. The monoisotopic (exact) mass is 515 g/mol. The first kappa shape index (κ1) is 26.5. The van der Waals surface area contributed by atoms with Crippen molar-refractivity contribution >= 4 is 5.78 Å². The number of alkyl halides is 6. The van der Waals surface area contributed by atoms with Gasteiger partial charge in [0.05, 0.1) is 22.6 Å². The molecule has 0 amide bonds. The third kappa shape index (κ3) is 5.87. The van der Waals surface area contributed by atoms with Crippen molar-refractivity contribution in [1.82, 2.24) is 0 Å². The van der Waals surface area contributed by atoms with E-state index in [2.05, 4.69) is 6.07 Å². The molecule has 4 rings (SSSR count). The van der Waals surface area contributed by atoms with Crippen LogP contribution in [0.5, 0.6) is 0 Å². The summed E-state index contributed by atoms with van der Waals surface area (Å²) in [7, 11) is 0. The molecule has 3 aromatic carbocycles. The molecule has 0 radical (unpaired) electrons. The highest BCUT2D eigenvalue weighted by Gasteiger charge is 2.47. The summed E-state index contributed by atoms with van der Waals surface area (Å²) in [6, 6.07) is 20.7. The summed E-state index contributed by atoms with van der Waals surface area (Å²) >= 11 is 0. The lowest BCUT2D eigenvalue weighted by atomic mass is 9.60. The van der Waals surface area contributed by atoms with Gasteiger partial charge in [0.1, 0.15) is 5.78 Å². The van der Waals surface area contributed by atoms with Crippen molar-refractivity contribution in [3.05, 3.63) is 107 Å². The summed E-state index contributed by atoms with van der Waals surface area (Å²) in [4.78, 5) is 13.6. The highest BCUT2D eigenvalue weighted by atomic mass is 19.4. The molecule has 1 aliphatic rings. The van der Waals surface area contributed by atoms with E-state index in [0.29, 0.717) is 16.7 Å². The van der Waals surface area contributed by atoms with Crippen molar-refractivity contribution in [2.24, 2.45) is 11.8 Å². The molecule has 192 valence electrons. The van der Waals surface area contributed by atoms with Crippen molar-refractivity contribution in [2.75, 3.05) is 0 Å². The zero-order valence-electron chi connectivity index (χ0n) is 19.6. The first-order valence-corrected chi connectivity index (χ1v) is 11.7. The van der Waals surface area contributed by atoms with Crippen LogP contribution in [0.25, 0.3) is 0 Å². The molecule has 0 aromatic heterocycles. The number of hydrogen-bond donors (Lipinski definition) is 0. The molecule has 2 atom stereocenters. The first-order chi connectivity index (χ1) is 17.4. The Balaban J connectivity index is 1.70. The fourth-order valence-electron chi connectivity index (χ4n) is 5.27. The van der Waals surface area contributed by atoms with Gasteiger partial charge in [-0.15, -0.1) is 0 Å². The Bertz CT molecular complexity index is 1230. The van der Waals surface area contributed by atoms with Gasteiger partial charge in [0.15, 0.2) is 0 Å². The van der Waals surface area contributed by atoms with Crippen LogP contribution in [0.1, 0.15) is 40.7 Å². The van der Waals surface area contributed by atoms with E-state index in [4.69, 9.17) is 0 Å². The lowest BCUT2D eigenvalue weighted by molar-refractivity contribution is -0.138. The maximum atomic E-state index is 13.6. The van der Waals surface area contributed by atoms with Crippen LogP contribution in [0.3, 0.4) is 0 Å². The molecule has 2 unspecified atom stereocenters. The molecule has 8 heteroatoms. The summed E-state index contributed by atoms with van der Waals surface area (Å²) in [5.74, 6) is -1.79. The predicted molar refractivity (Wildman–Crippen MR) is 125 cm³/mol. The first-order valence-electron chi connectivity index (χ1n) is 11.7. The van der Waals surface area contributed by atoms with E-state index in [1.165, 1.54) is 24.3 Å². The summed E-state index contributed by atoms with van der Waals surface area (Å²) in [5.41, 5.74) is -1.46. The van der Waals surface area contributed by atoms with Gasteiger partial charge in [-0.05, 0) is 54.5 Å².